The molecule has 0 spiro atoms. The third-order valence-electron chi connectivity index (χ3n) is 3.34. The number of esters is 1. The summed E-state index contributed by atoms with van der Waals surface area (Å²) in [4.78, 5) is 35.8. The van der Waals surface area contributed by atoms with E-state index in [1.807, 2.05) is 0 Å². The van der Waals surface area contributed by atoms with E-state index in [4.69, 9.17) is 9.47 Å². The molecule has 1 aromatic rings. The number of nitrogens with zero attached hydrogens (tertiary/aromatic N) is 2. The Balaban J connectivity index is 2.96. The van der Waals surface area contributed by atoms with Gasteiger partial charge in [0.1, 0.15) is 17.9 Å². The summed E-state index contributed by atoms with van der Waals surface area (Å²) in [6.07, 6.45) is -0.542. The van der Waals surface area contributed by atoms with Gasteiger partial charge in [-0.15, -0.1) is 0 Å². The third-order valence-corrected chi connectivity index (χ3v) is 3.34. The van der Waals surface area contributed by atoms with Gasteiger partial charge >= 0.3 is 17.7 Å². The van der Waals surface area contributed by atoms with Gasteiger partial charge in [0.05, 0.1) is 24.1 Å². The lowest BCUT2D eigenvalue weighted by atomic mass is 10.1. The van der Waals surface area contributed by atoms with E-state index in [-0.39, 0.29) is 35.8 Å². The van der Waals surface area contributed by atoms with E-state index in [1.54, 1.807) is 20.8 Å². The molecular weight excluding hydrogens is 358 g/mol. The monoisotopic (exact) mass is 383 g/mol. The Morgan fingerprint density at radius 1 is 1.30 bits per heavy atom. The number of nitro groups is 1. The minimum atomic E-state index is -0.655. The van der Waals surface area contributed by atoms with Crippen LogP contribution in [0.25, 0.3) is 0 Å². The summed E-state index contributed by atoms with van der Waals surface area (Å²) in [6, 6.07) is 2.54. The van der Waals surface area contributed by atoms with Gasteiger partial charge in [0.2, 0.25) is 0 Å². The van der Waals surface area contributed by atoms with Crippen LogP contribution in [0.1, 0.15) is 31.1 Å². The molecule has 0 saturated heterocycles. The van der Waals surface area contributed by atoms with Crippen LogP contribution < -0.4 is 10.1 Å². The number of likely N-dealkylation sites (N-methyl/N-ethyl adjacent to an activating group) is 1. The number of nitro benzene ring substituents is 1. The van der Waals surface area contributed by atoms with Crippen LogP contribution in [0.5, 0.6) is 5.75 Å². The zero-order chi connectivity index (χ0) is 20.8. The van der Waals surface area contributed by atoms with Gasteiger partial charge in [0.15, 0.2) is 5.75 Å². The number of carbonyl (C=O) groups excluding carboxylic acids is 2. The summed E-state index contributed by atoms with van der Waals surface area (Å²) >= 11 is 0. The van der Waals surface area contributed by atoms with Gasteiger partial charge in [0, 0.05) is 20.2 Å². The van der Waals surface area contributed by atoms with Crippen LogP contribution in [-0.4, -0.2) is 61.8 Å². The molecule has 1 rings (SSSR count). The van der Waals surface area contributed by atoms with Crippen LogP contribution >= 0.6 is 0 Å². The van der Waals surface area contributed by atoms with E-state index in [2.05, 4.69) is 10.1 Å². The number of ether oxygens (including phenoxy) is 3. The zero-order valence-corrected chi connectivity index (χ0v) is 16.3. The highest BCUT2D eigenvalue weighted by Gasteiger charge is 2.25. The number of hydrogen-bond acceptors (Lipinski definition) is 8. The van der Waals surface area contributed by atoms with Gasteiger partial charge in [-0.25, -0.2) is 9.59 Å². The van der Waals surface area contributed by atoms with E-state index >= 15 is 0 Å². The molecule has 0 aliphatic heterocycles. The Bertz CT molecular complexity index is 713. The van der Waals surface area contributed by atoms with Crippen molar-refractivity contribution in [1.29, 1.82) is 0 Å². The summed E-state index contributed by atoms with van der Waals surface area (Å²) in [5.74, 6) is -0.762. The van der Waals surface area contributed by atoms with E-state index in [0.29, 0.717) is 0 Å². The van der Waals surface area contributed by atoms with Crippen molar-refractivity contribution < 1.29 is 28.7 Å². The van der Waals surface area contributed by atoms with Crippen LogP contribution in [0.15, 0.2) is 12.1 Å². The number of amides is 1. The highest BCUT2D eigenvalue weighted by molar-refractivity contribution is 5.93. The molecule has 0 radical (unpaired) electrons. The predicted molar refractivity (Wildman–Crippen MR) is 98.3 cm³/mol. The molecule has 0 heterocycles. The minimum Gasteiger partial charge on any atom is -0.485 e. The summed E-state index contributed by atoms with van der Waals surface area (Å²) in [5.41, 5.74) is -0.743. The second-order valence-corrected chi connectivity index (χ2v) is 6.62. The molecule has 0 aromatic heterocycles. The Morgan fingerprint density at radius 2 is 1.93 bits per heavy atom. The number of hydrogen-bond donors (Lipinski definition) is 1. The average molecular weight is 383 g/mol. The quantitative estimate of drug-likeness (QED) is 0.433. The summed E-state index contributed by atoms with van der Waals surface area (Å²) in [5, 5.41) is 14.1. The maximum absolute atomic E-state index is 11.9. The molecule has 0 fully saturated rings. The summed E-state index contributed by atoms with van der Waals surface area (Å²) in [7, 11) is 4.22. The lowest BCUT2D eigenvalue weighted by Gasteiger charge is -2.24. The predicted octanol–water partition coefficient (Wildman–Crippen LogP) is 2.67. The number of nitrogens with one attached hydrogen (secondary N) is 1. The number of carbonyl (C=O) groups is 2. The molecule has 1 N–H and O–H groups in total. The highest BCUT2D eigenvalue weighted by atomic mass is 16.6. The Labute approximate surface area is 157 Å². The second kappa shape index (κ2) is 9.06. The molecule has 0 aliphatic carbocycles. The van der Waals surface area contributed by atoms with Crippen molar-refractivity contribution in [2.24, 2.45) is 0 Å². The first-order valence-corrected chi connectivity index (χ1v) is 8.15. The maximum atomic E-state index is 11.9. The average Bonchev–Trinajstić information content (AvgIpc) is 2.58. The van der Waals surface area contributed by atoms with Crippen LogP contribution in [0.4, 0.5) is 16.2 Å². The molecule has 0 bridgehead atoms. The summed E-state index contributed by atoms with van der Waals surface area (Å²) < 4.78 is 15.4. The second-order valence-electron chi connectivity index (χ2n) is 6.62. The van der Waals surface area contributed by atoms with Gasteiger partial charge < -0.3 is 24.4 Å². The van der Waals surface area contributed by atoms with Crippen LogP contribution in [-0.2, 0) is 9.47 Å². The normalized spacial score (nSPS) is 10.7. The van der Waals surface area contributed by atoms with Crippen molar-refractivity contribution in [3.05, 3.63) is 27.8 Å². The Kier molecular flexibility index (Phi) is 7.38. The van der Waals surface area contributed by atoms with Crippen molar-refractivity contribution in [3.63, 3.8) is 0 Å². The highest BCUT2D eigenvalue weighted by Crippen LogP contribution is 2.36. The molecule has 27 heavy (non-hydrogen) atoms. The SMILES string of the molecule is CNc1cc(C(=O)OC)cc(OCCN(C)C(=O)OC(C)(C)C)c1[N+](=O)[O-]. The molecule has 10 nitrogen and oxygen atoms in total. The zero-order valence-electron chi connectivity index (χ0n) is 16.3. The number of methoxy groups -OCH3 is 1. The fourth-order valence-corrected chi connectivity index (χ4v) is 2.06. The fourth-order valence-electron chi connectivity index (χ4n) is 2.06. The Morgan fingerprint density at radius 3 is 2.41 bits per heavy atom. The molecule has 10 heteroatoms. The molecule has 1 aromatic carbocycles. The number of anilines is 1. The van der Waals surface area contributed by atoms with E-state index in [0.717, 1.165) is 0 Å². The molecule has 0 aliphatic rings. The Hall–Kier alpha value is -3.04. The largest absolute Gasteiger partial charge is 0.485 e. The van der Waals surface area contributed by atoms with Gasteiger partial charge in [-0.1, -0.05) is 0 Å². The summed E-state index contributed by atoms with van der Waals surface area (Å²) in [6.45, 7) is 5.33. The van der Waals surface area contributed by atoms with E-state index in [1.165, 1.54) is 38.2 Å². The van der Waals surface area contributed by atoms with Crippen molar-refractivity contribution in [3.8, 4) is 5.75 Å². The lowest BCUT2D eigenvalue weighted by Crippen LogP contribution is -2.36. The topological polar surface area (TPSA) is 120 Å². The number of benzene rings is 1. The van der Waals surface area contributed by atoms with Gasteiger partial charge in [0.25, 0.3) is 0 Å². The lowest BCUT2D eigenvalue weighted by molar-refractivity contribution is -0.384. The van der Waals surface area contributed by atoms with Crippen molar-refractivity contribution in [2.45, 2.75) is 26.4 Å². The van der Waals surface area contributed by atoms with Crippen molar-refractivity contribution >= 4 is 23.4 Å². The molecule has 0 unspecified atom stereocenters. The minimum absolute atomic E-state index is 0.0373. The standard InChI is InChI=1S/C17H25N3O7/c1-17(2,3)27-16(22)19(5)7-8-26-13-10-11(15(21)25-6)9-12(18-4)14(13)20(23)24/h9-10,18H,7-8H2,1-6H3. The van der Waals surface area contributed by atoms with Gasteiger partial charge in [-0.3, -0.25) is 10.1 Å². The van der Waals surface area contributed by atoms with Gasteiger partial charge in [-0.2, -0.15) is 0 Å². The van der Waals surface area contributed by atoms with E-state index in [9.17, 15) is 19.7 Å². The van der Waals surface area contributed by atoms with E-state index < -0.39 is 22.6 Å². The number of rotatable bonds is 7. The first-order valence-electron chi connectivity index (χ1n) is 8.15. The molecule has 150 valence electrons. The molecule has 0 saturated carbocycles. The molecule has 0 atom stereocenters. The molecule has 1 amide bonds. The van der Waals surface area contributed by atoms with Crippen molar-refractivity contribution in [2.75, 3.05) is 39.7 Å². The maximum Gasteiger partial charge on any atom is 0.410 e. The van der Waals surface area contributed by atoms with Gasteiger partial charge in [-0.05, 0) is 26.8 Å². The third kappa shape index (κ3) is 6.32. The van der Waals surface area contributed by atoms with Crippen LogP contribution in [0.3, 0.4) is 0 Å². The fraction of sp³-hybridized carbons (Fsp3) is 0.529. The smallest absolute Gasteiger partial charge is 0.410 e. The van der Waals surface area contributed by atoms with Crippen LogP contribution in [0.2, 0.25) is 0 Å². The van der Waals surface area contributed by atoms with Crippen LogP contribution in [0, 0.1) is 10.1 Å². The first-order chi connectivity index (χ1) is 12.5. The van der Waals surface area contributed by atoms with Crippen molar-refractivity contribution in [1.82, 2.24) is 4.90 Å². The first kappa shape index (κ1) is 22.0. The molecular formula is C17H25N3O7.